The Hall–Kier alpha value is -0.870. The molecule has 65 valence electrons. The van der Waals surface area contributed by atoms with Crippen LogP contribution in [0.1, 0.15) is 0 Å². The fraction of sp³-hybridized carbons (Fsp3) is 0.250. The first-order chi connectivity index (χ1) is 5.55. The van der Waals surface area contributed by atoms with Gasteiger partial charge in [0.1, 0.15) is 0 Å². The second-order valence-electron chi connectivity index (χ2n) is 2.51. The summed E-state index contributed by atoms with van der Waals surface area (Å²) in [6, 6.07) is 9.17. The molecule has 0 aliphatic carbocycles. The van der Waals surface area contributed by atoms with Gasteiger partial charge < -0.3 is 0 Å². The summed E-state index contributed by atoms with van der Waals surface area (Å²) in [5, 5.41) is 0. The Kier molecular flexibility index (Phi) is 2.49. The van der Waals surface area contributed by atoms with Crippen LogP contribution in [-0.2, 0) is 10.0 Å². The standard InChI is InChI=1S/C8H10NO2S/c1-9(2)12(10,11)8-6-4-3-5-7-8/h3-6H,1-2H3. The van der Waals surface area contributed by atoms with Crippen molar-refractivity contribution in [3.8, 4) is 0 Å². The first kappa shape index (κ1) is 9.22. The summed E-state index contributed by atoms with van der Waals surface area (Å²) in [5.74, 6) is 0. The third kappa shape index (κ3) is 1.65. The number of rotatable bonds is 2. The van der Waals surface area contributed by atoms with Crippen molar-refractivity contribution >= 4 is 10.0 Å². The van der Waals surface area contributed by atoms with E-state index in [-0.39, 0.29) is 4.90 Å². The summed E-state index contributed by atoms with van der Waals surface area (Å²) >= 11 is 0. The monoisotopic (exact) mass is 184 g/mol. The number of hydrogen-bond donors (Lipinski definition) is 0. The quantitative estimate of drug-likeness (QED) is 0.679. The molecule has 0 unspecified atom stereocenters. The van der Waals surface area contributed by atoms with Gasteiger partial charge in [-0.25, -0.2) is 12.7 Å². The number of hydrogen-bond acceptors (Lipinski definition) is 2. The zero-order chi connectivity index (χ0) is 9.19. The van der Waals surface area contributed by atoms with Crippen LogP contribution >= 0.6 is 0 Å². The van der Waals surface area contributed by atoms with Crippen LogP contribution in [0, 0.1) is 6.07 Å². The fourth-order valence-corrected chi connectivity index (χ4v) is 1.59. The van der Waals surface area contributed by atoms with E-state index in [1.165, 1.54) is 24.5 Å². The zero-order valence-electron chi connectivity index (χ0n) is 6.98. The first-order valence-corrected chi connectivity index (χ1v) is 4.88. The zero-order valence-corrected chi connectivity index (χ0v) is 7.80. The highest BCUT2D eigenvalue weighted by Crippen LogP contribution is 2.10. The molecular weight excluding hydrogens is 174 g/mol. The van der Waals surface area contributed by atoms with Gasteiger partial charge in [-0.3, -0.25) is 0 Å². The summed E-state index contributed by atoms with van der Waals surface area (Å²) in [6.45, 7) is 0. The van der Waals surface area contributed by atoms with E-state index in [9.17, 15) is 8.42 Å². The van der Waals surface area contributed by atoms with Gasteiger partial charge in [0, 0.05) is 20.2 Å². The molecule has 0 atom stereocenters. The predicted molar refractivity (Wildman–Crippen MR) is 46.2 cm³/mol. The Morgan fingerprint density at radius 3 is 2.42 bits per heavy atom. The van der Waals surface area contributed by atoms with E-state index in [4.69, 9.17) is 0 Å². The van der Waals surface area contributed by atoms with Crippen LogP contribution < -0.4 is 0 Å². The summed E-state index contributed by atoms with van der Waals surface area (Å²) in [7, 11) is -0.307. The van der Waals surface area contributed by atoms with E-state index >= 15 is 0 Å². The van der Waals surface area contributed by atoms with Gasteiger partial charge in [-0.1, -0.05) is 18.2 Å². The van der Waals surface area contributed by atoms with Crippen LogP contribution in [-0.4, -0.2) is 26.8 Å². The Labute approximate surface area is 72.7 Å². The van der Waals surface area contributed by atoms with Crippen molar-refractivity contribution in [3.63, 3.8) is 0 Å². The van der Waals surface area contributed by atoms with E-state index in [0.717, 1.165) is 0 Å². The third-order valence-corrected chi connectivity index (χ3v) is 3.21. The SMILES string of the molecule is CN(C)S(=O)(=O)c1[c]cccc1. The second-order valence-corrected chi connectivity index (χ2v) is 4.63. The lowest BCUT2D eigenvalue weighted by atomic mass is 10.4. The minimum Gasteiger partial charge on any atom is -0.207 e. The molecule has 0 fully saturated rings. The van der Waals surface area contributed by atoms with Crippen molar-refractivity contribution < 1.29 is 8.42 Å². The lowest BCUT2D eigenvalue weighted by Gasteiger charge is -2.09. The van der Waals surface area contributed by atoms with Crippen molar-refractivity contribution in [2.45, 2.75) is 4.90 Å². The molecule has 3 nitrogen and oxygen atoms in total. The maximum Gasteiger partial charge on any atom is 0.243 e. The molecule has 1 aromatic rings. The Morgan fingerprint density at radius 2 is 2.00 bits per heavy atom. The number of nitrogens with zero attached hydrogens (tertiary/aromatic N) is 1. The van der Waals surface area contributed by atoms with Gasteiger partial charge in [0.25, 0.3) is 0 Å². The van der Waals surface area contributed by atoms with Gasteiger partial charge in [-0.2, -0.15) is 0 Å². The molecule has 0 aliphatic rings. The van der Waals surface area contributed by atoms with E-state index in [2.05, 4.69) is 6.07 Å². The molecule has 1 radical (unpaired) electrons. The molecule has 1 rings (SSSR count). The normalized spacial score (nSPS) is 11.9. The van der Waals surface area contributed by atoms with Gasteiger partial charge in [-0.05, 0) is 6.07 Å². The lowest BCUT2D eigenvalue weighted by Crippen LogP contribution is -2.22. The first-order valence-electron chi connectivity index (χ1n) is 3.44. The smallest absolute Gasteiger partial charge is 0.207 e. The van der Waals surface area contributed by atoms with Gasteiger partial charge in [0.2, 0.25) is 10.0 Å². The Balaban J connectivity index is 3.17. The molecule has 12 heavy (non-hydrogen) atoms. The maximum absolute atomic E-state index is 11.4. The van der Waals surface area contributed by atoms with E-state index < -0.39 is 10.0 Å². The highest BCUT2D eigenvalue weighted by molar-refractivity contribution is 7.89. The Morgan fingerprint density at radius 1 is 1.33 bits per heavy atom. The van der Waals surface area contributed by atoms with Gasteiger partial charge in [0.05, 0.1) is 4.90 Å². The topological polar surface area (TPSA) is 37.4 Å². The third-order valence-electron chi connectivity index (χ3n) is 1.44. The van der Waals surface area contributed by atoms with Crippen molar-refractivity contribution in [2.75, 3.05) is 14.1 Å². The van der Waals surface area contributed by atoms with Crippen LogP contribution in [0.3, 0.4) is 0 Å². The summed E-state index contributed by atoms with van der Waals surface area (Å²) in [6.07, 6.45) is 0. The van der Waals surface area contributed by atoms with Crippen molar-refractivity contribution in [1.29, 1.82) is 0 Å². The summed E-state index contributed by atoms with van der Waals surface area (Å²) in [4.78, 5) is 0.204. The van der Waals surface area contributed by atoms with Crippen LogP contribution in [0.5, 0.6) is 0 Å². The molecule has 0 amide bonds. The molecule has 0 saturated carbocycles. The average Bonchev–Trinajstić information content (AvgIpc) is 2.06. The van der Waals surface area contributed by atoms with Crippen molar-refractivity contribution in [3.05, 3.63) is 30.3 Å². The van der Waals surface area contributed by atoms with Gasteiger partial charge in [-0.15, -0.1) is 0 Å². The summed E-state index contributed by atoms with van der Waals surface area (Å²) < 4.78 is 24.0. The molecule has 0 N–H and O–H groups in total. The molecule has 0 heterocycles. The maximum atomic E-state index is 11.4. The van der Waals surface area contributed by atoms with E-state index in [1.807, 2.05) is 0 Å². The van der Waals surface area contributed by atoms with Crippen LogP contribution in [0.4, 0.5) is 0 Å². The largest absolute Gasteiger partial charge is 0.243 e. The van der Waals surface area contributed by atoms with Crippen LogP contribution in [0.2, 0.25) is 0 Å². The lowest BCUT2D eigenvalue weighted by molar-refractivity contribution is 0.520. The molecule has 0 bridgehead atoms. The minimum absolute atomic E-state index is 0.204. The average molecular weight is 184 g/mol. The number of sulfonamides is 1. The molecule has 1 aromatic carbocycles. The molecule has 0 saturated heterocycles. The molecule has 0 aromatic heterocycles. The molecule has 0 spiro atoms. The number of benzene rings is 1. The van der Waals surface area contributed by atoms with Crippen LogP contribution in [0.15, 0.2) is 29.2 Å². The summed E-state index contributed by atoms with van der Waals surface area (Å²) in [5.41, 5.74) is 0. The molecule has 4 heteroatoms. The van der Waals surface area contributed by atoms with Crippen molar-refractivity contribution in [2.24, 2.45) is 0 Å². The minimum atomic E-state index is -3.30. The Bertz CT molecular complexity index is 343. The highest BCUT2D eigenvalue weighted by Gasteiger charge is 2.15. The van der Waals surface area contributed by atoms with Crippen molar-refractivity contribution in [1.82, 2.24) is 4.31 Å². The van der Waals surface area contributed by atoms with Gasteiger partial charge >= 0.3 is 0 Å². The van der Waals surface area contributed by atoms with Crippen LogP contribution in [0.25, 0.3) is 0 Å². The van der Waals surface area contributed by atoms with E-state index in [1.54, 1.807) is 18.2 Å². The van der Waals surface area contributed by atoms with Gasteiger partial charge in [0.15, 0.2) is 0 Å². The second kappa shape index (κ2) is 3.25. The predicted octanol–water partition coefficient (Wildman–Crippen LogP) is 0.737. The highest BCUT2D eigenvalue weighted by atomic mass is 32.2. The van der Waals surface area contributed by atoms with E-state index in [0.29, 0.717) is 0 Å². The molecule has 0 aliphatic heterocycles. The molecular formula is C8H10NO2S. The fourth-order valence-electron chi connectivity index (χ4n) is 0.734.